The van der Waals surface area contributed by atoms with Gasteiger partial charge in [-0.15, -0.1) is 0 Å². The van der Waals surface area contributed by atoms with Crippen LogP contribution in [0.25, 0.3) is 0 Å². The molecule has 1 unspecified atom stereocenters. The van der Waals surface area contributed by atoms with E-state index in [2.05, 4.69) is 20.8 Å². The summed E-state index contributed by atoms with van der Waals surface area (Å²) in [6.07, 6.45) is 32.2. The van der Waals surface area contributed by atoms with Crippen LogP contribution in [0.15, 0.2) is 0 Å². The normalized spacial score (nSPS) is 23.6. The smallest absolute Gasteiger partial charge is 0.189 e. The predicted molar refractivity (Wildman–Crippen MR) is 202 cm³/mol. The zero-order valence-corrected chi connectivity index (χ0v) is 32.3. The van der Waals surface area contributed by atoms with Crippen molar-refractivity contribution < 1.29 is 29.9 Å². The zero-order valence-electron chi connectivity index (χ0n) is 32.3. The maximum Gasteiger partial charge on any atom is 0.189 e. The van der Waals surface area contributed by atoms with Gasteiger partial charge in [0, 0.05) is 6.61 Å². The number of hydrogen-bond donors (Lipinski definition) is 4. The maximum absolute atomic E-state index is 11.6. The van der Waals surface area contributed by atoms with Crippen molar-refractivity contribution in [3.05, 3.63) is 0 Å². The average Bonchev–Trinajstić information content (AvgIpc) is 3.08. The van der Waals surface area contributed by atoms with Crippen molar-refractivity contribution in [2.45, 2.75) is 263 Å². The Labute approximate surface area is 298 Å². The van der Waals surface area contributed by atoms with Gasteiger partial charge in [0.1, 0.15) is 23.9 Å². The molecule has 0 aromatic carbocycles. The minimum absolute atomic E-state index is 0.307. The molecule has 0 radical (unpaired) electrons. The lowest BCUT2D eigenvalue weighted by Gasteiger charge is -2.49. The molecule has 0 aliphatic carbocycles. The summed E-state index contributed by atoms with van der Waals surface area (Å²) in [7, 11) is 0. The van der Waals surface area contributed by atoms with Gasteiger partial charge in [0.2, 0.25) is 0 Å². The molecule has 0 amide bonds. The van der Waals surface area contributed by atoms with E-state index in [0.29, 0.717) is 19.4 Å². The topological polar surface area (TPSA) is 99.4 Å². The molecular weight excluding hydrogens is 600 g/mol. The van der Waals surface area contributed by atoms with Gasteiger partial charge in [-0.25, -0.2) is 0 Å². The van der Waals surface area contributed by atoms with E-state index in [4.69, 9.17) is 9.47 Å². The number of ether oxygens (including phenoxy) is 2. The minimum atomic E-state index is -1.68. The molecular formula is C42H84O6. The number of aliphatic hydroxyl groups is 4. The van der Waals surface area contributed by atoms with E-state index in [-0.39, 0.29) is 0 Å². The molecule has 0 spiro atoms. The van der Waals surface area contributed by atoms with Gasteiger partial charge in [0.25, 0.3) is 0 Å². The fourth-order valence-electron chi connectivity index (χ4n) is 7.37. The summed E-state index contributed by atoms with van der Waals surface area (Å²) in [6.45, 7) is 7.02. The van der Waals surface area contributed by atoms with Crippen LogP contribution in [0.2, 0.25) is 0 Å². The summed E-state index contributed by atoms with van der Waals surface area (Å²) in [5, 5.41) is 44.8. The Balaban J connectivity index is 2.31. The van der Waals surface area contributed by atoms with E-state index in [0.717, 1.165) is 51.4 Å². The Morgan fingerprint density at radius 1 is 0.521 bits per heavy atom. The van der Waals surface area contributed by atoms with Crippen molar-refractivity contribution in [3.63, 3.8) is 0 Å². The van der Waals surface area contributed by atoms with E-state index in [9.17, 15) is 20.4 Å². The number of unbranched alkanes of at least 4 members (excludes halogenated alkanes) is 27. The third-order valence-electron chi connectivity index (χ3n) is 10.8. The van der Waals surface area contributed by atoms with Crippen molar-refractivity contribution in [2.24, 2.45) is 0 Å². The summed E-state index contributed by atoms with van der Waals surface area (Å²) < 4.78 is 12.1. The van der Waals surface area contributed by atoms with Crippen LogP contribution in [0.3, 0.4) is 0 Å². The second kappa shape index (κ2) is 31.5. The summed E-state index contributed by atoms with van der Waals surface area (Å²) >= 11 is 0. The quantitative estimate of drug-likeness (QED) is 0.0496. The van der Waals surface area contributed by atoms with Crippen molar-refractivity contribution in [3.8, 4) is 0 Å². The number of aliphatic hydroxyl groups excluding tert-OH is 3. The van der Waals surface area contributed by atoms with Crippen molar-refractivity contribution >= 4 is 0 Å². The van der Waals surface area contributed by atoms with E-state index in [1.807, 2.05) is 0 Å². The molecule has 4 N–H and O–H groups in total. The van der Waals surface area contributed by atoms with Crippen LogP contribution in [0.5, 0.6) is 0 Å². The minimum Gasteiger partial charge on any atom is -0.390 e. The highest BCUT2D eigenvalue weighted by molar-refractivity contribution is 5.02. The van der Waals surface area contributed by atoms with Crippen LogP contribution in [-0.2, 0) is 9.47 Å². The largest absolute Gasteiger partial charge is 0.390 e. The highest BCUT2D eigenvalue weighted by Crippen LogP contribution is 2.37. The first-order valence-corrected chi connectivity index (χ1v) is 21.5. The molecule has 288 valence electrons. The number of rotatable bonds is 35. The lowest BCUT2D eigenvalue weighted by Crippen LogP contribution is -2.68. The Morgan fingerprint density at radius 3 is 1.27 bits per heavy atom. The molecule has 6 atom stereocenters. The zero-order chi connectivity index (χ0) is 35.1. The Hall–Kier alpha value is -0.240. The van der Waals surface area contributed by atoms with Crippen LogP contribution < -0.4 is 0 Å². The molecule has 0 saturated carbocycles. The Bertz CT molecular complexity index is 675. The molecule has 0 aromatic heterocycles. The fourth-order valence-corrected chi connectivity index (χ4v) is 7.37. The molecule has 1 aliphatic rings. The highest BCUT2D eigenvalue weighted by Gasteiger charge is 2.56. The van der Waals surface area contributed by atoms with Gasteiger partial charge in [0.05, 0.1) is 6.10 Å². The molecule has 0 bridgehead atoms. The second-order valence-corrected chi connectivity index (χ2v) is 15.4. The third-order valence-corrected chi connectivity index (χ3v) is 10.8. The van der Waals surface area contributed by atoms with Crippen LogP contribution >= 0.6 is 0 Å². The first-order valence-electron chi connectivity index (χ1n) is 21.5. The van der Waals surface area contributed by atoms with E-state index >= 15 is 0 Å². The van der Waals surface area contributed by atoms with Gasteiger partial charge < -0.3 is 29.9 Å². The van der Waals surface area contributed by atoms with E-state index < -0.39 is 36.3 Å². The second-order valence-electron chi connectivity index (χ2n) is 15.4. The third kappa shape index (κ3) is 21.2. The Morgan fingerprint density at radius 2 is 0.875 bits per heavy atom. The lowest BCUT2D eigenvalue weighted by atomic mass is 9.80. The summed E-state index contributed by atoms with van der Waals surface area (Å²) in [5.41, 5.74) is -1.68. The molecule has 0 aromatic rings. The summed E-state index contributed by atoms with van der Waals surface area (Å²) in [6, 6.07) is 0. The highest BCUT2D eigenvalue weighted by atomic mass is 16.7. The van der Waals surface area contributed by atoms with Gasteiger partial charge in [-0.05, 0) is 19.3 Å². The van der Waals surface area contributed by atoms with Crippen molar-refractivity contribution in [1.82, 2.24) is 0 Å². The monoisotopic (exact) mass is 685 g/mol. The summed E-state index contributed by atoms with van der Waals surface area (Å²) in [4.78, 5) is 0. The molecule has 1 fully saturated rings. The summed E-state index contributed by atoms with van der Waals surface area (Å²) in [5.74, 6) is 0. The lowest BCUT2D eigenvalue weighted by molar-refractivity contribution is -0.350. The molecule has 48 heavy (non-hydrogen) atoms. The van der Waals surface area contributed by atoms with Gasteiger partial charge in [-0.2, -0.15) is 0 Å². The van der Waals surface area contributed by atoms with Gasteiger partial charge in [-0.1, -0.05) is 207 Å². The van der Waals surface area contributed by atoms with Crippen molar-refractivity contribution in [1.29, 1.82) is 0 Å². The standard InChI is InChI=1S/C42H84O6/c1-4-7-10-12-14-16-18-20-22-24-26-28-30-32-34-37(43)39-38(44)40(45)42(46,41(48-39)47-36-9-6-3)35-33-31-29-27-25-23-21-19-17-15-13-11-8-5-2/h37-41,43-46H,4-36H2,1-3H3/t37?,38-,39-,40+,41+,42-/m1/s1. The van der Waals surface area contributed by atoms with Crippen LogP contribution in [-0.4, -0.2) is 63.3 Å². The molecule has 1 aliphatic heterocycles. The average molecular weight is 685 g/mol. The number of hydrogen-bond acceptors (Lipinski definition) is 6. The molecule has 6 heteroatoms. The van der Waals surface area contributed by atoms with E-state index in [1.54, 1.807) is 0 Å². The molecule has 6 nitrogen and oxygen atoms in total. The predicted octanol–water partition coefficient (Wildman–Crippen LogP) is 11.1. The molecule has 1 saturated heterocycles. The van der Waals surface area contributed by atoms with Gasteiger partial charge in [-0.3, -0.25) is 0 Å². The maximum atomic E-state index is 11.6. The van der Waals surface area contributed by atoms with Crippen LogP contribution in [0, 0.1) is 0 Å². The van der Waals surface area contributed by atoms with Gasteiger partial charge in [0.15, 0.2) is 6.29 Å². The first kappa shape index (κ1) is 45.8. The van der Waals surface area contributed by atoms with E-state index in [1.165, 1.54) is 141 Å². The Kier molecular flexibility index (Phi) is 30.0. The SMILES string of the molecule is CCCCCCCCCCCCCCCCC(O)[C@H]1O[C@H](OCCCC)[C@@](O)(CCCCCCCCCCCCCCCC)[C@@H](O)[C@@H]1O. The molecule has 1 rings (SSSR count). The van der Waals surface area contributed by atoms with Crippen LogP contribution in [0.4, 0.5) is 0 Å². The molecule has 1 heterocycles. The van der Waals surface area contributed by atoms with Crippen molar-refractivity contribution in [2.75, 3.05) is 6.61 Å². The van der Waals surface area contributed by atoms with Crippen LogP contribution in [0.1, 0.15) is 226 Å². The van der Waals surface area contributed by atoms with Gasteiger partial charge >= 0.3 is 0 Å². The first-order chi connectivity index (χ1) is 23.4. The fraction of sp³-hybridized carbons (Fsp3) is 1.00.